The van der Waals surface area contributed by atoms with Gasteiger partial charge in [0.15, 0.2) is 0 Å². The molecule has 0 saturated carbocycles. The number of aromatic nitrogens is 2. The highest BCUT2D eigenvalue weighted by atomic mass is 79.9. The lowest BCUT2D eigenvalue weighted by atomic mass is 10.0. The number of hydrogen-bond acceptors (Lipinski definition) is 2. The Morgan fingerprint density at radius 3 is 2.84 bits per heavy atom. The monoisotopic (exact) mass is 325 g/mol. The second kappa shape index (κ2) is 6.30. The van der Waals surface area contributed by atoms with Gasteiger partial charge in [-0.25, -0.2) is 9.37 Å². The number of aryl methyl sites for hydroxylation is 1. The summed E-state index contributed by atoms with van der Waals surface area (Å²) in [7, 11) is 1.95. The Morgan fingerprint density at radius 1 is 1.47 bits per heavy atom. The fourth-order valence-corrected chi connectivity index (χ4v) is 2.45. The van der Waals surface area contributed by atoms with Gasteiger partial charge in [0.2, 0.25) is 0 Å². The molecule has 3 nitrogen and oxygen atoms in total. The van der Waals surface area contributed by atoms with Crippen LogP contribution in [0.25, 0.3) is 0 Å². The number of imidazole rings is 1. The molecule has 0 aliphatic rings. The van der Waals surface area contributed by atoms with Gasteiger partial charge >= 0.3 is 0 Å². The van der Waals surface area contributed by atoms with Crippen molar-refractivity contribution < 1.29 is 4.39 Å². The highest BCUT2D eigenvalue weighted by Crippen LogP contribution is 2.21. The molecule has 1 aromatic carbocycles. The third kappa shape index (κ3) is 3.42. The number of nitrogens with one attached hydrogen (secondary N) is 1. The van der Waals surface area contributed by atoms with E-state index in [4.69, 9.17) is 0 Å². The van der Waals surface area contributed by atoms with Gasteiger partial charge in [0.05, 0.1) is 6.04 Å². The normalized spacial score (nSPS) is 12.6. The molecular formula is C14H17BrFN3. The SMILES string of the molecule is CCNC(Cc1ccc(Br)cc1F)c1nccn1C. The van der Waals surface area contributed by atoms with E-state index in [1.165, 1.54) is 6.07 Å². The maximum atomic E-state index is 13.9. The molecule has 0 spiro atoms. The highest BCUT2D eigenvalue weighted by Gasteiger charge is 2.17. The van der Waals surface area contributed by atoms with Crippen molar-refractivity contribution in [3.63, 3.8) is 0 Å². The summed E-state index contributed by atoms with van der Waals surface area (Å²) in [6.07, 6.45) is 4.24. The zero-order chi connectivity index (χ0) is 13.8. The molecule has 0 aliphatic heterocycles. The average Bonchev–Trinajstić information content (AvgIpc) is 2.78. The Bertz CT molecular complexity index is 553. The highest BCUT2D eigenvalue weighted by molar-refractivity contribution is 9.10. The van der Waals surface area contributed by atoms with Gasteiger partial charge in [0, 0.05) is 23.9 Å². The summed E-state index contributed by atoms with van der Waals surface area (Å²) in [5.41, 5.74) is 0.692. The average molecular weight is 326 g/mol. The maximum Gasteiger partial charge on any atom is 0.127 e. The third-order valence-electron chi connectivity index (χ3n) is 3.06. The molecule has 5 heteroatoms. The molecule has 19 heavy (non-hydrogen) atoms. The summed E-state index contributed by atoms with van der Waals surface area (Å²) in [5.74, 6) is 0.732. The van der Waals surface area contributed by atoms with E-state index in [0.717, 1.165) is 16.8 Å². The molecule has 0 bridgehead atoms. The van der Waals surface area contributed by atoms with Crippen LogP contribution in [-0.2, 0) is 13.5 Å². The summed E-state index contributed by atoms with van der Waals surface area (Å²) in [4.78, 5) is 4.35. The van der Waals surface area contributed by atoms with Gasteiger partial charge in [-0.3, -0.25) is 0 Å². The lowest BCUT2D eigenvalue weighted by Gasteiger charge is -2.18. The minimum Gasteiger partial charge on any atom is -0.337 e. The van der Waals surface area contributed by atoms with Crippen LogP contribution in [0.3, 0.4) is 0 Å². The fourth-order valence-electron chi connectivity index (χ4n) is 2.12. The number of halogens is 2. The van der Waals surface area contributed by atoms with Crippen LogP contribution in [0, 0.1) is 5.82 Å². The number of nitrogens with zero attached hydrogens (tertiary/aromatic N) is 2. The smallest absolute Gasteiger partial charge is 0.127 e. The Labute approximate surface area is 121 Å². The van der Waals surface area contributed by atoms with Gasteiger partial charge in [-0.2, -0.15) is 0 Å². The molecule has 1 heterocycles. The van der Waals surface area contributed by atoms with Crippen molar-refractivity contribution in [3.8, 4) is 0 Å². The quantitative estimate of drug-likeness (QED) is 0.914. The molecule has 102 valence electrons. The van der Waals surface area contributed by atoms with E-state index in [1.54, 1.807) is 6.20 Å². The Hall–Kier alpha value is -1.20. The maximum absolute atomic E-state index is 13.9. The number of benzene rings is 1. The van der Waals surface area contributed by atoms with Crippen LogP contribution in [0.2, 0.25) is 0 Å². The van der Waals surface area contributed by atoms with E-state index in [9.17, 15) is 4.39 Å². The third-order valence-corrected chi connectivity index (χ3v) is 3.55. The summed E-state index contributed by atoms with van der Waals surface area (Å²) >= 11 is 3.27. The van der Waals surface area contributed by atoms with Crippen LogP contribution < -0.4 is 5.32 Å². The minimum absolute atomic E-state index is 0.0145. The second-order valence-corrected chi connectivity index (χ2v) is 5.36. The van der Waals surface area contributed by atoms with Crippen LogP contribution in [0.4, 0.5) is 4.39 Å². The summed E-state index contributed by atoms with van der Waals surface area (Å²) < 4.78 is 16.6. The van der Waals surface area contributed by atoms with Crippen molar-refractivity contribution in [1.82, 2.24) is 14.9 Å². The van der Waals surface area contributed by atoms with E-state index in [0.29, 0.717) is 12.0 Å². The first kappa shape index (κ1) is 14.2. The van der Waals surface area contributed by atoms with E-state index in [1.807, 2.05) is 36.9 Å². The summed E-state index contributed by atoms with van der Waals surface area (Å²) in [6, 6.07) is 5.18. The number of hydrogen-bond donors (Lipinski definition) is 1. The van der Waals surface area contributed by atoms with E-state index < -0.39 is 0 Å². The van der Waals surface area contributed by atoms with Crippen LogP contribution >= 0.6 is 15.9 Å². The number of likely N-dealkylation sites (N-methyl/N-ethyl adjacent to an activating group) is 1. The molecule has 1 atom stereocenters. The largest absolute Gasteiger partial charge is 0.337 e. The van der Waals surface area contributed by atoms with Crippen LogP contribution in [0.5, 0.6) is 0 Å². The van der Waals surface area contributed by atoms with Gasteiger partial charge in [0.25, 0.3) is 0 Å². The van der Waals surface area contributed by atoms with Gasteiger partial charge < -0.3 is 9.88 Å². The molecule has 0 radical (unpaired) electrons. The molecule has 1 aromatic heterocycles. The van der Waals surface area contributed by atoms with Crippen molar-refractivity contribution in [1.29, 1.82) is 0 Å². The van der Waals surface area contributed by atoms with Crippen molar-refractivity contribution in [2.75, 3.05) is 6.54 Å². The minimum atomic E-state index is -0.188. The van der Waals surface area contributed by atoms with Crippen LogP contribution in [-0.4, -0.2) is 16.1 Å². The molecule has 2 aromatic rings. The Morgan fingerprint density at radius 2 is 2.26 bits per heavy atom. The van der Waals surface area contributed by atoms with E-state index >= 15 is 0 Å². The van der Waals surface area contributed by atoms with Crippen molar-refractivity contribution in [2.24, 2.45) is 7.05 Å². The van der Waals surface area contributed by atoms with Crippen molar-refractivity contribution in [2.45, 2.75) is 19.4 Å². The second-order valence-electron chi connectivity index (χ2n) is 4.45. The molecule has 0 fully saturated rings. The lowest BCUT2D eigenvalue weighted by Crippen LogP contribution is -2.26. The van der Waals surface area contributed by atoms with E-state index in [2.05, 4.69) is 26.2 Å². The molecule has 1 unspecified atom stereocenters. The molecule has 0 amide bonds. The van der Waals surface area contributed by atoms with Crippen molar-refractivity contribution in [3.05, 3.63) is 52.3 Å². The van der Waals surface area contributed by atoms with Crippen LogP contribution in [0.15, 0.2) is 35.1 Å². The standard InChI is InChI=1S/C14H17BrFN3/c1-3-17-13(14-18-6-7-19(14)2)8-10-4-5-11(15)9-12(10)16/h4-7,9,13,17H,3,8H2,1-2H3. The van der Waals surface area contributed by atoms with Gasteiger partial charge in [-0.1, -0.05) is 28.9 Å². The predicted molar refractivity (Wildman–Crippen MR) is 77.4 cm³/mol. The molecule has 0 aliphatic carbocycles. The Kier molecular flexibility index (Phi) is 4.71. The van der Waals surface area contributed by atoms with Gasteiger partial charge in [-0.15, -0.1) is 0 Å². The number of rotatable bonds is 5. The van der Waals surface area contributed by atoms with Crippen LogP contribution in [0.1, 0.15) is 24.4 Å². The predicted octanol–water partition coefficient (Wildman–Crippen LogP) is 3.22. The zero-order valence-corrected chi connectivity index (χ0v) is 12.6. The van der Waals surface area contributed by atoms with Crippen molar-refractivity contribution >= 4 is 15.9 Å². The molecular weight excluding hydrogens is 309 g/mol. The topological polar surface area (TPSA) is 29.9 Å². The summed E-state index contributed by atoms with van der Waals surface area (Å²) in [5, 5.41) is 3.35. The lowest BCUT2D eigenvalue weighted by molar-refractivity contribution is 0.493. The molecule has 1 N–H and O–H groups in total. The van der Waals surface area contributed by atoms with Gasteiger partial charge in [-0.05, 0) is 30.7 Å². The molecule has 0 saturated heterocycles. The first-order valence-electron chi connectivity index (χ1n) is 6.26. The summed E-state index contributed by atoms with van der Waals surface area (Å²) in [6.45, 7) is 2.85. The first-order chi connectivity index (χ1) is 9.11. The Balaban J connectivity index is 2.24. The molecule has 2 rings (SSSR count). The van der Waals surface area contributed by atoms with E-state index in [-0.39, 0.29) is 11.9 Å². The fraction of sp³-hybridized carbons (Fsp3) is 0.357. The van der Waals surface area contributed by atoms with Gasteiger partial charge in [0.1, 0.15) is 11.6 Å². The first-order valence-corrected chi connectivity index (χ1v) is 7.05. The zero-order valence-electron chi connectivity index (χ0n) is 11.0.